The summed E-state index contributed by atoms with van der Waals surface area (Å²) in [4.78, 5) is 6.30. The van der Waals surface area contributed by atoms with E-state index in [9.17, 15) is 0 Å². The van der Waals surface area contributed by atoms with Gasteiger partial charge in [0, 0.05) is 20.3 Å². The van der Waals surface area contributed by atoms with Crippen molar-refractivity contribution in [2.45, 2.75) is 0 Å². The van der Waals surface area contributed by atoms with E-state index in [1.54, 1.807) is 0 Å². The van der Waals surface area contributed by atoms with Crippen LogP contribution in [-0.4, -0.2) is 23.5 Å². The van der Waals surface area contributed by atoms with Crippen LogP contribution < -0.4 is 4.90 Å². The van der Waals surface area contributed by atoms with E-state index in [2.05, 4.69) is 9.38 Å². The van der Waals surface area contributed by atoms with Crippen LogP contribution in [0.25, 0.3) is 5.65 Å². The monoisotopic (exact) mass is 233 g/mol. The van der Waals surface area contributed by atoms with Crippen LogP contribution in [0.15, 0.2) is 30.6 Å². The van der Waals surface area contributed by atoms with Gasteiger partial charge in [-0.15, -0.1) is 24.8 Å². The predicted molar refractivity (Wildman–Crippen MR) is 64.0 cm³/mol. The Balaban J connectivity index is 0.000000845. The number of halogens is 2. The molecule has 0 unspecified atom stereocenters. The number of nitrogens with zero attached hydrogens (tertiary/aromatic N) is 3. The molecule has 0 aliphatic rings. The first kappa shape index (κ1) is 13.1. The first-order chi connectivity index (χ1) is 5.79. The third-order valence-electron chi connectivity index (χ3n) is 1.86. The van der Waals surface area contributed by atoms with Crippen molar-refractivity contribution in [2.24, 2.45) is 0 Å². The maximum absolute atomic E-state index is 4.26. The fraction of sp³-hybridized carbons (Fsp3) is 0.222. The van der Waals surface area contributed by atoms with Crippen molar-refractivity contribution in [3.63, 3.8) is 0 Å². The van der Waals surface area contributed by atoms with Crippen molar-refractivity contribution in [3.05, 3.63) is 30.6 Å². The van der Waals surface area contributed by atoms with Gasteiger partial charge in [0.15, 0.2) is 0 Å². The zero-order valence-electron chi connectivity index (χ0n) is 8.04. The molecule has 2 aromatic rings. The van der Waals surface area contributed by atoms with Gasteiger partial charge in [-0.2, -0.15) is 0 Å². The van der Waals surface area contributed by atoms with Crippen molar-refractivity contribution in [2.75, 3.05) is 19.0 Å². The van der Waals surface area contributed by atoms with Crippen molar-refractivity contribution < 1.29 is 0 Å². The molecule has 0 bridgehead atoms. The second-order valence-electron chi connectivity index (χ2n) is 2.94. The smallest absolute Gasteiger partial charge is 0.138 e. The lowest BCUT2D eigenvalue weighted by Crippen LogP contribution is -2.10. The minimum atomic E-state index is 0. The second-order valence-corrected chi connectivity index (χ2v) is 2.94. The van der Waals surface area contributed by atoms with Crippen LogP contribution in [0.5, 0.6) is 0 Å². The van der Waals surface area contributed by atoms with Crippen molar-refractivity contribution in [3.8, 4) is 0 Å². The fourth-order valence-electron chi connectivity index (χ4n) is 1.25. The summed E-state index contributed by atoms with van der Waals surface area (Å²) in [6, 6.07) is 5.98. The van der Waals surface area contributed by atoms with Crippen molar-refractivity contribution in [1.29, 1.82) is 0 Å². The summed E-state index contributed by atoms with van der Waals surface area (Å²) in [5, 5.41) is 0. The van der Waals surface area contributed by atoms with Crippen molar-refractivity contribution in [1.82, 2.24) is 9.38 Å². The SMILES string of the molecule is CN(C)c1cnc2ccccn12.Cl.Cl. The van der Waals surface area contributed by atoms with Crippen LogP contribution in [0.2, 0.25) is 0 Å². The van der Waals surface area contributed by atoms with Gasteiger partial charge in [-0.05, 0) is 12.1 Å². The van der Waals surface area contributed by atoms with Gasteiger partial charge in [0.2, 0.25) is 0 Å². The maximum Gasteiger partial charge on any atom is 0.138 e. The third kappa shape index (κ3) is 2.11. The molecule has 0 aliphatic carbocycles. The Labute approximate surface area is 95.6 Å². The van der Waals surface area contributed by atoms with Crippen LogP contribution in [0, 0.1) is 0 Å². The van der Waals surface area contributed by atoms with Crippen LogP contribution in [0.1, 0.15) is 0 Å². The van der Waals surface area contributed by atoms with E-state index >= 15 is 0 Å². The van der Waals surface area contributed by atoms with E-state index in [1.165, 1.54) is 0 Å². The number of rotatable bonds is 1. The predicted octanol–water partition coefficient (Wildman–Crippen LogP) is 2.24. The second kappa shape index (κ2) is 5.08. The standard InChI is InChI=1S/C9H11N3.2ClH/c1-11(2)9-7-10-8-5-3-4-6-12(8)9;;/h3-7H,1-2H3;2*1H. The molecule has 3 nitrogen and oxygen atoms in total. The average molecular weight is 234 g/mol. The molecule has 0 radical (unpaired) electrons. The maximum atomic E-state index is 4.26. The van der Waals surface area contributed by atoms with Gasteiger partial charge in [0.1, 0.15) is 11.5 Å². The summed E-state index contributed by atoms with van der Waals surface area (Å²) < 4.78 is 2.06. The van der Waals surface area contributed by atoms with E-state index < -0.39 is 0 Å². The quantitative estimate of drug-likeness (QED) is 0.754. The Hall–Kier alpha value is -0.930. The Morgan fingerprint density at radius 2 is 1.93 bits per heavy atom. The van der Waals surface area contributed by atoms with Gasteiger partial charge < -0.3 is 4.90 Å². The first-order valence-electron chi connectivity index (χ1n) is 3.88. The summed E-state index contributed by atoms with van der Waals surface area (Å²) in [5.41, 5.74) is 0.987. The zero-order chi connectivity index (χ0) is 8.55. The van der Waals surface area contributed by atoms with Gasteiger partial charge in [0.25, 0.3) is 0 Å². The zero-order valence-corrected chi connectivity index (χ0v) is 9.68. The summed E-state index contributed by atoms with van der Waals surface area (Å²) in [6.07, 6.45) is 3.88. The summed E-state index contributed by atoms with van der Waals surface area (Å²) in [5.74, 6) is 1.10. The van der Waals surface area contributed by atoms with Gasteiger partial charge in [-0.3, -0.25) is 4.40 Å². The molecular formula is C9H13Cl2N3. The summed E-state index contributed by atoms with van der Waals surface area (Å²) >= 11 is 0. The molecule has 0 saturated heterocycles. The van der Waals surface area contributed by atoms with Crippen LogP contribution in [0.3, 0.4) is 0 Å². The molecule has 0 aliphatic heterocycles. The first-order valence-corrected chi connectivity index (χ1v) is 3.88. The minimum Gasteiger partial charge on any atom is -0.363 e. The highest BCUT2D eigenvalue weighted by molar-refractivity contribution is 5.85. The molecule has 0 aromatic carbocycles. The lowest BCUT2D eigenvalue weighted by Gasteiger charge is -2.10. The number of imidazole rings is 1. The van der Waals surface area contributed by atoms with Gasteiger partial charge >= 0.3 is 0 Å². The summed E-state index contributed by atoms with van der Waals surface area (Å²) in [7, 11) is 4.02. The minimum absolute atomic E-state index is 0. The topological polar surface area (TPSA) is 20.5 Å². The molecular weight excluding hydrogens is 221 g/mol. The Morgan fingerprint density at radius 3 is 2.57 bits per heavy atom. The van der Waals surface area contributed by atoms with Gasteiger partial charge in [-0.1, -0.05) is 6.07 Å². The van der Waals surface area contributed by atoms with Crippen LogP contribution >= 0.6 is 24.8 Å². The Bertz CT molecular complexity index is 398. The Morgan fingerprint density at radius 1 is 1.21 bits per heavy atom. The molecule has 2 rings (SSSR count). The highest BCUT2D eigenvalue weighted by Gasteiger charge is 2.01. The van der Waals surface area contributed by atoms with Crippen LogP contribution in [0.4, 0.5) is 5.82 Å². The van der Waals surface area contributed by atoms with E-state index in [0.717, 1.165) is 11.5 Å². The number of hydrogen-bond acceptors (Lipinski definition) is 2. The molecule has 2 aromatic heterocycles. The molecule has 2 heterocycles. The fourth-order valence-corrected chi connectivity index (χ4v) is 1.25. The molecule has 0 spiro atoms. The highest BCUT2D eigenvalue weighted by atomic mass is 35.5. The molecule has 0 fully saturated rings. The van der Waals surface area contributed by atoms with Gasteiger partial charge in [0.05, 0.1) is 6.20 Å². The number of fused-ring (bicyclic) bond motifs is 1. The van der Waals surface area contributed by atoms with E-state index in [1.807, 2.05) is 49.6 Å². The molecule has 0 atom stereocenters. The lowest BCUT2D eigenvalue weighted by molar-refractivity contribution is 1.04. The number of aromatic nitrogens is 2. The number of pyridine rings is 1. The van der Waals surface area contributed by atoms with E-state index in [-0.39, 0.29) is 24.8 Å². The van der Waals surface area contributed by atoms with E-state index in [0.29, 0.717) is 0 Å². The normalized spacial score (nSPS) is 9.00. The largest absolute Gasteiger partial charge is 0.363 e. The molecule has 0 saturated carbocycles. The Kier molecular flexibility index (Phi) is 4.74. The lowest BCUT2D eigenvalue weighted by atomic mass is 10.5. The molecule has 14 heavy (non-hydrogen) atoms. The third-order valence-corrected chi connectivity index (χ3v) is 1.86. The molecule has 0 amide bonds. The highest BCUT2D eigenvalue weighted by Crippen LogP contribution is 2.12. The molecule has 5 heteroatoms. The van der Waals surface area contributed by atoms with Gasteiger partial charge in [-0.25, -0.2) is 4.98 Å². The molecule has 0 N–H and O–H groups in total. The molecule has 78 valence electrons. The number of anilines is 1. The summed E-state index contributed by atoms with van der Waals surface area (Å²) in [6.45, 7) is 0. The van der Waals surface area contributed by atoms with E-state index in [4.69, 9.17) is 0 Å². The number of hydrogen-bond donors (Lipinski definition) is 0. The van der Waals surface area contributed by atoms with Crippen LogP contribution in [-0.2, 0) is 0 Å². The average Bonchev–Trinajstić information content (AvgIpc) is 2.47. The van der Waals surface area contributed by atoms with Crippen molar-refractivity contribution >= 4 is 36.3 Å².